The summed E-state index contributed by atoms with van der Waals surface area (Å²) in [5, 5.41) is 2.82. The number of thiophene rings is 1. The van der Waals surface area contributed by atoms with Crippen molar-refractivity contribution in [3.8, 4) is 0 Å². The Morgan fingerprint density at radius 2 is 1.53 bits per heavy atom. The van der Waals surface area contributed by atoms with E-state index in [0.29, 0.717) is 29.6 Å². The average molecular weight is 881 g/mol. The molecule has 0 bridgehead atoms. The lowest BCUT2D eigenvalue weighted by Gasteiger charge is -2.39. The largest absolute Gasteiger partial charge is 0.510 e. The number of likely N-dealkylation sites (N-methyl/N-ethyl adjacent to an activating group) is 1. The maximum Gasteiger partial charge on any atom is 0.510 e. The van der Waals surface area contributed by atoms with Crippen LogP contribution in [0.1, 0.15) is 69.1 Å². The van der Waals surface area contributed by atoms with Crippen molar-refractivity contribution in [3.05, 3.63) is 65.0 Å². The summed E-state index contributed by atoms with van der Waals surface area (Å²) >= 11 is 0.911. The molecule has 4 amide bonds. The Labute approximate surface area is 348 Å². The first-order valence-corrected chi connectivity index (χ1v) is 21.4. The van der Waals surface area contributed by atoms with Crippen LogP contribution in [-0.2, 0) is 52.6 Å². The minimum absolute atomic E-state index is 0.00826. The Bertz CT molecular complexity index is 2090. The van der Waals surface area contributed by atoms with Crippen LogP contribution in [0.5, 0.6) is 0 Å². The second kappa shape index (κ2) is 19.5. The molecule has 60 heavy (non-hydrogen) atoms. The minimum Gasteiger partial charge on any atom is -0.432 e. The molecule has 3 aromatic rings. The summed E-state index contributed by atoms with van der Waals surface area (Å²) in [5.74, 6) is -1.90. The number of hydrogen-bond acceptors (Lipinski definition) is 14. The second-order valence-electron chi connectivity index (χ2n) is 14.5. The molecule has 3 atom stereocenters. The van der Waals surface area contributed by atoms with Crippen molar-refractivity contribution in [2.75, 3.05) is 38.6 Å². The normalized spacial score (nSPS) is 18.4. The zero-order valence-corrected chi connectivity index (χ0v) is 35.5. The van der Waals surface area contributed by atoms with E-state index in [1.165, 1.54) is 61.5 Å². The van der Waals surface area contributed by atoms with Gasteiger partial charge in [-0.15, -0.1) is 11.3 Å². The molecule has 3 heterocycles. The summed E-state index contributed by atoms with van der Waals surface area (Å²) in [6.07, 6.45) is -2.54. The topological polar surface area (TPSA) is 197 Å². The summed E-state index contributed by atoms with van der Waals surface area (Å²) < 4.78 is 74.9. The standard InChI is InChI=1S/C39H47F2N4O13PS/c1-23(2)57-37(50)53-21-55-59(52,56-22-54-38(51)58-24(3)4)39(40,41)27-12-15-32-26(18-27)19-33(60-32)34(47)42-30-20-44(25(5)46)17-16-29-13-14-31(45(29)35(30)48)36(49)43(6)28-10-8-7-9-11-28/h7-12,15,18-19,23-24,29-31H,13-14,16-17,20-22H2,1-6H3,(H,42,47)/t29-,30+,31+/m1/s1. The molecule has 0 saturated carbocycles. The molecule has 0 unspecified atom stereocenters. The van der Waals surface area contributed by atoms with E-state index in [4.69, 9.17) is 18.5 Å². The summed E-state index contributed by atoms with van der Waals surface area (Å²) in [5.41, 5.74) is -4.72. The van der Waals surface area contributed by atoms with Gasteiger partial charge in [0.25, 0.3) is 5.91 Å². The third-order valence-electron chi connectivity index (χ3n) is 9.59. The van der Waals surface area contributed by atoms with Gasteiger partial charge in [0, 0.05) is 49.1 Å². The van der Waals surface area contributed by atoms with Gasteiger partial charge in [-0.05, 0) is 82.7 Å². The zero-order valence-electron chi connectivity index (χ0n) is 33.8. The SMILES string of the molecule is CC(=O)N1CC[C@H]2CC[C@@H](C(=O)N(C)c3ccccc3)N2C(=O)[C@@H](NC(=O)c2cc3cc(C(F)(F)P(=O)(OCOC(=O)OC(C)C)OCOC(=O)OC(C)C)ccc3s2)C1. The summed E-state index contributed by atoms with van der Waals surface area (Å²) in [6.45, 7) is 4.88. The molecule has 1 N–H and O–H groups in total. The van der Waals surface area contributed by atoms with Crippen LogP contribution < -0.4 is 10.2 Å². The molecule has 2 aliphatic heterocycles. The first-order chi connectivity index (χ1) is 28.3. The quantitative estimate of drug-likeness (QED) is 0.104. The Hall–Kier alpha value is -5.17. The maximum atomic E-state index is 16.2. The number of carbonyl (C=O) groups excluding carboxylic acids is 6. The van der Waals surface area contributed by atoms with Gasteiger partial charge in [-0.1, -0.05) is 24.3 Å². The highest BCUT2D eigenvalue weighted by atomic mass is 32.1. The summed E-state index contributed by atoms with van der Waals surface area (Å²) in [6, 6.07) is 10.9. The van der Waals surface area contributed by atoms with E-state index in [1.54, 1.807) is 31.3 Å². The number of hydrogen-bond donors (Lipinski definition) is 1. The van der Waals surface area contributed by atoms with Crippen LogP contribution in [0.4, 0.5) is 24.1 Å². The lowest BCUT2D eigenvalue weighted by molar-refractivity contribution is -0.144. The van der Waals surface area contributed by atoms with Gasteiger partial charge in [0.1, 0.15) is 12.1 Å². The van der Waals surface area contributed by atoms with E-state index in [2.05, 4.69) is 14.8 Å². The summed E-state index contributed by atoms with van der Waals surface area (Å²) in [7, 11) is -4.06. The molecule has 2 aliphatic rings. The van der Waals surface area contributed by atoms with Crippen molar-refractivity contribution < 1.29 is 70.1 Å². The third kappa shape index (κ3) is 10.8. The molecule has 17 nitrogen and oxygen atoms in total. The van der Waals surface area contributed by atoms with E-state index < -0.39 is 80.8 Å². The number of benzene rings is 2. The van der Waals surface area contributed by atoms with E-state index in [0.717, 1.165) is 23.5 Å². The fraction of sp³-hybridized carbons (Fsp3) is 0.487. The Morgan fingerprint density at radius 1 is 0.917 bits per heavy atom. The van der Waals surface area contributed by atoms with Gasteiger partial charge in [-0.25, -0.2) is 9.59 Å². The van der Waals surface area contributed by atoms with Crippen molar-refractivity contribution >= 4 is 70.6 Å². The van der Waals surface area contributed by atoms with Crippen LogP contribution in [0.25, 0.3) is 10.1 Å². The lowest BCUT2D eigenvalue weighted by Crippen LogP contribution is -2.61. The van der Waals surface area contributed by atoms with Crippen LogP contribution >= 0.6 is 18.9 Å². The molecule has 5 rings (SSSR count). The van der Waals surface area contributed by atoms with Gasteiger partial charge in [0.2, 0.25) is 31.3 Å². The van der Waals surface area contributed by atoms with Gasteiger partial charge in [0.05, 0.1) is 17.1 Å². The molecule has 2 fully saturated rings. The van der Waals surface area contributed by atoms with Gasteiger partial charge in [-0.2, -0.15) is 8.78 Å². The fourth-order valence-electron chi connectivity index (χ4n) is 6.68. The van der Waals surface area contributed by atoms with Crippen LogP contribution in [0.3, 0.4) is 0 Å². The average Bonchev–Trinajstić information content (AvgIpc) is 3.81. The molecule has 0 spiro atoms. The Morgan fingerprint density at radius 3 is 2.12 bits per heavy atom. The van der Waals surface area contributed by atoms with Crippen molar-refractivity contribution in [2.45, 2.75) is 89.9 Å². The summed E-state index contributed by atoms with van der Waals surface area (Å²) in [4.78, 5) is 82.7. The van der Waals surface area contributed by atoms with Gasteiger partial charge >= 0.3 is 25.6 Å². The number of rotatable bonds is 14. The monoisotopic (exact) mass is 880 g/mol. The number of para-hydroxylation sites is 1. The smallest absolute Gasteiger partial charge is 0.432 e. The number of fused-ring (bicyclic) bond motifs is 2. The van der Waals surface area contributed by atoms with Crippen LogP contribution in [-0.4, -0.2) is 110 Å². The highest BCUT2D eigenvalue weighted by molar-refractivity contribution is 7.54. The first-order valence-electron chi connectivity index (χ1n) is 19.0. The number of carbonyl (C=O) groups is 6. The minimum atomic E-state index is -5.69. The number of amides is 4. The third-order valence-corrected chi connectivity index (χ3v) is 12.5. The maximum absolute atomic E-state index is 16.2. The van der Waals surface area contributed by atoms with E-state index in [9.17, 15) is 33.3 Å². The number of halogens is 2. The van der Waals surface area contributed by atoms with Gasteiger partial charge in [-0.3, -0.25) is 32.8 Å². The first kappa shape index (κ1) is 45.9. The molecule has 0 aliphatic carbocycles. The molecule has 2 saturated heterocycles. The Kier molecular flexibility index (Phi) is 14.9. The fourth-order valence-corrected chi connectivity index (χ4v) is 8.87. The van der Waals surface area contributed by atoms with Crippen molar-refractivity contribution in [1.82, 2.24) is 15.1 Å². The van der Waals surface area contributed by atoms with Crippen molar-refractivity contribution in [1.29, 1.82) is 0 Å². The molecule has 326 valence electrons. The number of nitrogens with one attached hydrogen (secondary N) is 1. The lowest BCUT2D eigenvalue weighted by atomic mass is 10.1. The highest BCUT2D eigenvalue weighted by Gasteiger charge is 2.56. The highest BCUT2D eigenvalue weighted by Crippen LogP contribution is 2.67. The van der Waals surface area contributed by atoms with E-state index in [-0.39, 0.29) is 41.2 Å². The van der Waals surface area contributed by atoms with Crippen molar-refractivity contribution in [2.24, 2.45) is 0 Å². The molecule has 21 heteroatoms. The Balaban J connectivity index is 1.37. The number of nitrogens with zero attached hydrogens (tertiary/aromatic N) is 3. The van der Waals surface area contributed by atoms with Crippen molar-refractivity contribution in [3.63, 3.8) is 0 Å². The number of ether oxygens (including phenoxy) is 4. The van der Waals surface area contributed by atoms with E-state index in [1.807, 2.05) is 6.07 Å². The van der Waals surface area contributed by atoms with Gasteiger partial charge in [0.15, 0.2) is 0 Å². The van der Waals surface area contributed by atoms with E-state index >= 15 is 8.78 Å². The molecule has 2 aromatic carbocycles. The molecule has 1 aromatic heterocycles. The number of alkyl halides is 2. The molecule has 0 radical (unpaired) electrons. The predicted molar refractivity (Wildman–Crippen MR) is 212 cm³/mol. The van der Waals surface area contributed by atoms with Crippen LogP contribution in [0, 0.1) is 0 Å². The van der Waals surface area contributed by atoms with Crippen LogP contribution in [0.15, 0.2) is 54.6 Å². The zero-order chi connectivity index (χ0) is 43.9. The second-order valence-corrected chi connectivity index (χ2v) is 17.7. The van der Waals surface area contributed by atoms with Crippen LogP contribution in [0.2, 0.25) is 0 Å². The van der Waals surface area contributed by atoms with Gasteiger partial charge < -0.3 is 39.0 Å². The molecular weight excluding hydrogens is 833 g/mol. The molecular formula is C39H47F2N4O13PS. The predicted octanol–water partition coefficient (Wildman–Crippen LogP) is 6.59. The number of anilines is 1.